The van der Waals surface area contributed by atoms with Crippen molar-refractivity contribution in [2.75, 3.05) is 0 Å². The molecule has 0 aliphatic carbocycles. The fourth-order valence-electron chi connectivity index (χ4n) is 4.02. The maximum atomic E-state index is 12.3. The summed E-state index contributed by atoms with van der Waals surface area (Å²) in [5, 5.41) is 21.3. The van der Waals surface area contributed by atoms with Gasteiger partial charge in [-0.15, -0.1) is 10.2 Å². The molecule has 3 aromatic heterocycles. The minimum atomic E-state index is -0.255. The Morgan fingerprint density at radius 1 is 1.00 bits per heavy atom. The van der Waals surface area contributed by atoms with E-state index in [0.29, 0.717) is 17.9 Å². The Kier molecular flexibility index (Phi) is 5.06. The molecule has 5 aromatic rings. The lowest BCUT2D eigenvalue weighted by atomic mass is 9.98. The van der Waals surface area contributed by atoms with Gasteiger partial charge in [-0.05, 0) is 35.2 Å². The van der Waals surface area contributed by atoms with E-state index in [1.807, 2.05) is 31.2 Å². The van der Waals surface area contributed by atoms with Gasteiger partial charge in [0.15, 0.2) is 5.52 Å². The van der Waals surface area contributed by atoms with Crippen LogP contribution < -0.4 is 5.56 Å². The lowest BCUT2D eigenvalue weighted by Crippen LogP contribution is -2.13. The lowest BCUT2D eigenvalue weighted by Gasteiger charge is -2.11. The summed E-state index contributed by atoms with van der Waals surface area (Å²) in [5.41, 5.74) is 6.00. The third-order valence-corrected chi connectivity index (χ3v) is 5.55. The van der Waals surface area contributed by atoms with Gasteiger partial charge in [-0.2, -0.15) is 10.3 Å². The molecule has 9 nitrogen and oxygen atoms in total. The van der Waals surface area contributed by atoms with E-state index in [2.05, 4.69) is 71.6 Å². The van der Waals surface area contributed by atoms with Gasteiger partial charge in [0.05, 0.1) is 11.2 Å². The highest BCUT2D eigenvalue weighted by Crippen LogP contribution is 2.30. The zero-order valence-electron chi connectivity index (χ0n) is 17.8. The number of nitrogens with one attached hydrogen (secondary N) is 2. The monoisotopic (exact) mass is 426 g/mol. The molecule has 0 unspecified atom stereocenters. The molecule has 2 aromatic carbocycles. The molecule has 5 rings (SSSR count). The number of fused-ring (bicyclic) bond motifs is 1. The summed E-state index contributed by atoms with van der Waals surface area (Å²) >= 11 is 0. The largest absolute Gasteiger partial charge is 0.322 e. The van der Waals surface area contributed by atoms with Crippen molar-refractivity contribution in [1.82, 2.24) is 40.4 Å². The summed E-state index contributed by atoms with van der Waals surface area (Å²) in [6, 6.07) is 16.3. The zero-order chi connectivity index (χ0) is 22.1. The topological polar surface area (TPSA) is 118 Å². The molecular weight excluding hydrogens is 404 g/mol. The highest BCUT2D eigenvalue weighted by atomic mass is 16.1. The number of nitrogens with zero attached hydrogens (tertiary/aromatic N) is 6. The van der Waals surface area contributed by atoms with Crippen LogP contribution in [0.25, 0.3) is 33.5 Å². The Bertz CT molecular complexity index is 1430. The van der Waals surface area contributed by atoms with Gasteiger partial charge in [-0.25, -0.2) is 10.1 Å². The van der Waals surface area contributed by atoms with E-state index in [1.165, 1.54) is 0 Å². The van der Waals surface area contributed by atoms with Crippen molar-refractivity contribution in [3.05, 3.63) is 76.0 Å². The number of hydrogen-bond acceptors (Lipinski definition) is 6. The Hall–Kier alpha value is -4.14. The molecule has 0 radical (unpaired) electrons. The molecule has 0 saturated heterocycles. The van der Waals surface area contributed by atoms with Crippen molar-refractivity contribution in [1.29, 1.82) is 0 Å². The normalized spacial score (nSPS) is 11.3. The third-order valence-electron chi connectivity index (χ3n) is 5.55. The summed E-state index contributed by atoms with van der Waals surface area (Å²) in [6.07, 6.45) is 1.72. The van der Waals surface area contributed by atoms with Gasteiger partial charge >= 0.3 is 0 Å². The Morgan fingerprint density at radius 2 is 1.78 bits per heavy atom. The van der Waals surface area contributed by atoms with Crippen molar-refractivity contribution >= 4 is 11.0 Å². The number of imidazole rings is 1. The number of hydrogen-bond donors (Lipinski definition) is 2. The molecule has 0 saturated carbocycles. The number of benzene rings is 2. The van der Waals surface area contributed by atoms with E-state index in [4.69, 9.17) is 0 Å². The SMILES string of the molecule is CCCc1n[nH]c(=O)c2nc(C)n(Cc3ccc(-c4ccccc4-c4nn[nH]n4)cc3)c12. The van der Waals surface area contributed by atoms with Crippen LogP contribution in [0.2, 0.25) is 0 Å². The fourth-order valence-corrected chi connectivity index (χ4v) is 4.02. The van der Waals surface area contributed by atoms with Gasteiger partial charge in [-0.1, -0.05) is 61.9 Å². The molecule has 0 bridgehead atoms. The molecule has 3 heterocycles. The van der Waals surface area contributed by atoms with Gasteiger partial charge in [0, 0.05) is 12.1 Å². The molecule has 0 atom stereocenters. The average molecular weight is 426 g/mol. The summed E-state index contributed by atoms with van der Waals surface area (Å²) in [5.74, 6) is 1.36. The summed E-state index contributed by atoms with van der Waals surface area (Å²) in [4.78, 5) is 16.8. The lowest BCUT2D eigenvalue weighted by molar-refractivity contribution is 0.767. The highest BCUT2D eigenvalue weighted by molar-refractivity contribution is 5.80. The Morgan fingerprint density at radius 3 is 2.50 bits per heavy atom. The van der Waals surface area contributed by atoms with Crippen LogP contribution in [-0.2, 0) is 13.0 Å². The second kappa shape index (κ2) is 8.18. The number of aryl methyl sites for hydroxylation is 2. The minimum Gasteiger partial charge on any atom is -0.322 e. The van der Waals surface area contributed by atoms with Gasteiger partial charge < -0.3 is 4.57 Å². The highest BCUT2D eigenvalue weighted by Gasteiger charge is 2.16. The van der Waals surface area contributed by atoms with Crippen LogP contribution in [-0.4, -0.2) is 40.4 Å². The number of rotatable bonds is 6. The van der Waals surface area contributed by atoms with E-state index >= 15 is 0 Å². The molecule has 0 spiro atoms. The summed E-state index contributed by atoms with van der Waals surface area (Å²) < 4.78 is 2.07. The first kappa shape index (κ1) is 19.8. The van der Waals surface area contributed by atoms with Crippen molar-refractivity contribution in [2.45, 2.75) is 33.2 Å². The molecule has 32 heavy (non-hydrogen) atoms. The first-order valence-electron chi connectivity index (χ1n) is 10.5. The molecule has 0 aliphatic rings. The van der Waals surface area contributed by atoms with Gasteiger partial charge in [0.25, 0.3) is 5.56 Å². The van der Waals surface area contributed by atoms with Crippen molar-refractivity contribution < 1.29 is 0 Å². The number of aromatic nitrogens is 8. The molecule has 9 heteroatoms. The van der Waals surface area contributed by atoms with Gasteiger partial charge in [-0.3, -0.25) is 4.79 Å². The van der Waals surface area contributed by atoms with E-state index in [-0.39, 0.29) is 5.56 Å². The van der Waals surface area contributed by atoms with Crippen LogP contribution in [0.15, 0.2) is 53.3 Å². The van der Waals surface area contributed by atoms with E-state index in [1.54, 1.807) is 0 Å². The van der Waals surface area contributed by atoms with Crippen LogP contribution in [0.5, 0.6) is 0 Å². The molecule has 0 fully saturated rings. The van der Waals surface area contributed by atoms with Crippen molar-refractivity contribution in [2.24, 2.45) is 0 Å². The number of H-pyrrole nitrogens is 2. The van der Waals surface area contributed by atoms with Gasteiger partial charge in [0.2, 0.25) is 5.82 Å². The first-order chi connectivity index (χ1) is 15.7. The third kappa shape index (κ3) is 3.47. The van der Waals surface area contributed by atoms with Crippen LogP contribution in [0.1, 0.15) is 30.4 Å². The van der Waals surface area contributed by atoms with Crippen molar-refractivity contribution in [3.8, 4) is 22.5 Å². The van der Waals surface area contributed by atoms with Crippen LogP contribution in [0.4, 0.5) is 0 Å². The second-order valence-corrected chi connectivity index (χ2v) is 7.67. The number of aromatic amines is 2. The van der Waals surface area contributed by atoms with E-state index < -0.39 is 0 Å². The minimum absolute atomic E-state index is 0.255. The fraction of sp³-hybridized carbons (Fsp3) is 0.217. The maximum absolute atomic E-state index is 12.3. The summed E-state index contributed by atoms with van der Waals surface area (Å²) in [6.45, 7) is 4.62. The average Bonchev–Trinajstić information content (AvgIpc) is 3.46. The predicted molar refractivity (Wildman–Crippen MR) is 121 cm³/mol. The van der Waals surface area contributed by atoms with E-state index in [0.717, 1.165) is 52.1 Å². The predicted octanol–water partition coefficient (Wildman–Crippen LogP) is 3.28. The standard InChI is InChI=1S/C23H22N8O/c1-3-6-19-21-20(23(32)28-25-19)24-14(2)31(21)13-15-9-11-16(12-10-15)17-7-4-5-8-18(17)22-26-29-30-27-22/h4-5,7-12H,3,6,13H2,1-2H3,(H,28,32)(H,26,27,29,30). The Labute approximate surface area is 183 Å². The molecular formula is C23H22N8O. The van der Waals surface area contributed by atoms with Crippen LogP contribution in [0, 0.1) is 6.92 Å². The Balaban J connectivity index is 1.51. The zero-order valence-corrected chi connectivity index (χ0v) is 17.8. The molecule has 2 N–H and O–H groups in total. The maximum Gasteiger partial charge on any atom is 0.292 e. The quantitative estimate of drug-likeness (QED) is 0.430. The summed E-state index contributed by atoms with van der Waals surface area (Å²) in [7, 11) is 0. The van der Waals surface area contributed by atoms with Crippen molar-refractivity contribution in [3.63, 3.8) is 0 Å². The molecule has 160 valence electrons. The smallest absolute Gasteiger partial charge is 0.292 e. The van der Waals surface area contributed by atoms with Gasteiger partial charge in [0.1, 0.15) is 5.82 Å². The van der Waals surface area contributed by atoms with Crippen LogP contribution >= 0.6 is 0 Å². The second-order valence-electron chi connectivity index (χ2n) is 7.67. The number of tetrazole rings is 1. The van der Waals surface area contributed by atoms with E-state index in [9.17, 15) is 4.79 Å². The molecule has 0 aliphatic heterocycles. The van der Waals surface area contributed by atoms with Crippen LogP contribution in [0.3, 0.4) is 0 Å². The molecule has 0 amide bonds. The first-order valence-corrected chi connectivity index (χ1v) is 10.5.